The van der Waals surface area contributed by atoms with E-state index < -0.39 is 5.67 Å². The predicted octanol–water partition coefficient (Wildman–Crippen LogP) is 4.10. The van der Waals surface area contributed by atoms with Crippen molar-refractivity contribution in [2.24, 2.45) is 0 Å². The van der Waals surface area contributed by atoms with E-state index in [4.69, 9.17) is 30.3 Å². The van der Waals surface area contributed by atoms with Gasteiger partial charge in [0.05, 0.1) is 62.7 Å². The largest absolute Gasteiger partial charge is 0.379 e. The third-order valence-electron chi connectivity index (χ3n) is 8.35. The van der Waals surface area contributed by atoms with Crippen LogP contribution in [0.3, 0.4) is 0 Å². The van der Waals surface area contributed by atoms with Crippen LogP contribution in [-0.4, -0.2) is 78.9 Å². The lowest BCUT2D eigenvalue weighted by Gasteiger charge is -2.38. The summed E-state index contributed by atoms with van der Waals surface area (Å²) in [5.41, 5.74) is -0.449. The molecule has 10 nitrogen and oxygen atoms in total. The van der Waals surface area contributed by atoms with E-state index in [1.165, 1.54) is 23.7 Å². The highest BCUT2D eigenvalue weighted by Crippen LogP contribution is 2.41. The molecule has 2 saturated heterocycles. The first-order valence-electron chi connectivity index (χ1n) is 14.2. The lowest BCUT2D eigenvalue weighted by Crippen LogP contribution is -2.46. The van der Waals surface area contributed by atoms with Gasteiger partial charge in [0.2, 0.25) is 5.88 Å². The summed E-state index contributed by atoms with van der Waals surface area (Å²) in [6.07, 6.45) is 8.17. The molecular formula is C27H37ClFN5O5. The zero-order valence-corrected chi connectivity index (χ0v) is 22.9. The van der Waals surface area contributed by atoms with Crippen molar-refractivity contribution in [1.82, 2.24) is 14.9 Å². The number of aromatic nitrogens is 3. The van der Waals surface area contributed by atoms with Gasteiger partial charge in [0, 0.05) is 31.2 Å². The summed E-state index contributed by atoms with van der Waals surface area (Å²) in [5.74, 6) is 1.29. The van der Waals surface area contributed by atoms with Crippen molar-refractivity contribution < 1.29 is 23.1 Å². The Kier molecular flexibility index (Phi) is 8.11. The maximum Gasteiger partial charge on any atom is 0.287 e. The van der Waals surface area contributed by atoms with E-state index in [0.29, 0.717) is 57.4 Å². The Labute approximate surface area is 232 Å². The van der Waals surface area contributed by atoms with Crippen molar-refractivity contribution in [3.05, 3.63) is 33.3 Å². The van der Waals surface area contributed by atoms with Gasteiger partial charge in [0.15, 0.2) is 5.67 Å². The SMILES string of the molecule is O=c1c(Cl)c(NC[C@@]2(F)CCCOC2)cnn1C1CCC(N(CC2COCCO2)c2cc(C3CC3)no2)CC1. The molecule has 4 heterocycles. The van der Waals surface area contributed by atoms with Gasteiger partial charge in [-0.05, 0) is 51.4 Å². The molecule has 2 aliphatic heterocycles. The zero-order chi connectivity index (χ0) is 26.8. The average Bonchev–Trinajstić information content (AvgIpc) is 3.70. The quantitative estimate of drug-likeness (QED) is 0.481. The van der Waals surface area contributed by atoms with Gasteiger partial charge in [0.1, 0.15) is 5.02 Å². The minimum Gasteiger partial charge on any atom is -0.379 e. The molecule has 12 heteroatoms. The lowest BCUT2D eigenvalue weighted by atomic mass is 9.90. The number of ether oxygens (including phenoxy) is 3. The number of nitrogens with zero attached hydrogens (tertiary/aromatic N) is 4. The second kappa shape index (κ2) is 11.7. The number of halogens is 2. The van der Waals surface area contributed by atoms with Crippen LogP contribution >= 0.6 is 11.6 Å². The van der Waals surface area contributed by atoms with Crippen LogP contribution < -0.4 is 15.8 Å². The number of rotatable bonds is 9. The first kappa shape index (κ1) is 27.0. The normalized spacial score (nSPS) is 29.7. The second-order valence-electron chi connectivity index (χ2n) is 11.3. The van der Waals surface area contributed by atoms with Crippen molar-refractivity contribution in [3.63, 3.8) is 0 Å². The number of anilines is 2. The van der Waals surface area contributed by atoms with Crippen molar-refractivity contribution in [2.75, 3.05) is 56.3 Å². The summed E-state index contributed by atoms with van der Waals surface area (Å²) in [5, 5.41) is 11.8. The maximum absolute atomic E-state index is 14.9. The van der Waals surface area contributed by atoms with Crippen molar-refractivity contribution in [2.45, 2.75) is 81.1 Å². The third-order valence-corrected chi connectivity index (χ3v) is 8.71. The van der Waals surface area contributed by atoms with Crippen LogP contribution in [0.15, 0.2) is 21.6 Å². The molecule has 0 radical (unpaired) electrons. The van der Waals surface area contributed by atoms with Gasteiger partial charge in [-0.25, -0.2) is 9.07 Å². The summed E-state index contributed by atoms with van der Waals surface area (Å²) >= 11 is 6.44. The van der Waals surface area contributed by atoms with E-state index in [0.717, 1.165) is 37.3 Å². The Morgan fingerprint density at radius 1 is 1.15 bits per heavy atom. The summed E-state index contributed by atoms with van der Waals surface area (Å²) in [6.45, 7) is 3.08. The van der Waals surface area contributed by atoms with Gasteiger partial charge in [-0.2, -0.15) is 5.10 Å². The zero-order valence-electron chi connectivity index (χ0n) is 22.2. The molecule has 2 saturated carbocycles. The monoisotopic (exact) mass is 565 g/mol. The molecule has 2 aromatic heterocycles. The predicted molar refractivity (Wildman–Crippen MR) is 144 cm³/mol. The van der Waals surface area contributed by atoms with E-state index in [-0.39, 0.29) is 41.9 Å². The summed E-state index contributed by atoms with van der Waals surface area (Å²) in [7, 11) is 0. The lowest BCUT2D eigenvalue weighted by molar-refractivity contribution is -0.0849. The molecule has 2 atom stereocenters. The molecule has 6 rings (SSSR count). The van der Waals surface area contributed by atoms with E-state index in [2.05, 4.69) is 26.5 Å². The Morgan fingerprint density at radius 2 is 2.00 bits per heavy atom. The molecule has 0 spiro atoms. The van der Waals surface area contributed by atoms with Gasteiger partial charge < -0.3 is 29.0 Å². The van der Waals surface area contributed by atoms with Crippen LogP contribution in [0.4, 0.5) is 16.0 Å². The van der Waals surface area contributed by atoms with Crippen LogP contribution in [0.1, 0.15) is 69.0 Å². The Bertz CT molecular complexity index is 1170. The molecule has 2 aliphatic carbocycles. The van der Waals surface area contributed by atoms with Crippen molar-refractivity contribution in [3.8, 4) is 0 Å². The van der Waals surface area contributed by atoms with E-state index in [1.807, 2.05) is 0 Å². The summed E-state index contributed by atoms with van der Waals surface area (Å²) < 4.78 is 39.1. The smallest absolute Gasteiger partial charge is 0.287 e. The number of hydrogen-bond acceptors (Lipinski definition) is 9. The van der Waals surface area contributed by atoms with Gasteiger partial charge in [-0.3, -0.25) is 4.79 Å². The molecule has 1 unspecified atom stereocenters. The number of nitrogens with one attached hydrogen (secondary N) is 1. The minimum absolute atomic E-state index is 0.0264. The van der Waals surface area contributed by atoms with Crippen LogP contribution in [0.25, 0.3) is 0 Å². The van der Waals surface area contributed by atoms with Crippen molar-refractivity contribution in [1.29, 1.82) is 0 Å². The van der Waals surface area contributed by atoms with Crippen LogP contribution in [-0.2, 0) is 14.2 Å². The molecule has 214 valence electrons. The Morgan fingerprint density at radius 3 is 2.72 bits per heavy atom. The average molecular weight is 566 g/mol. The summed E-state index contributed by atoms with van der Waals surface area (Å²) in [6, 6.07) is 2.23. The first-order valence-corrected chi connectivity index (χ1v) is 14.6. The standard InChI is InChI=1S/C27H37ClFN5O5/c28-25-23(30-16-27(29)8-1-9-37-17-27)13-31-34(26(25)35)20-6-4-19(5-7-20)33(14-21-15-36-10-11-38-21)24-12-22(32-39-24)18-2-3-18/h12-13,18-21,30H,1-11,14-17H2/t19?,20?,21?,27-/m0/s1. The molecule has 4 fully saturated rings. The van der Waals surface area contributed by atoms with Crippen LogP contribution in [0, 0.1) is 0 Å². The van der Waals surface area contributed by atoms with Crippen LogP contribution in [0.2, 0.25) is 5.02 Å². The Balaban J connectivity index is 1.11. The fourth-order valence-electron chi connectivity index (χ4n) is 5.92. The van der Waals surface area contributed by atoms with Gasteiger partial charge in [0.25, 0.3) is 5.56 Å². The Hall–Kier alpha value is -2.21. The fraction of sp³-hybridized carbons (Fsp3) is 0.741. The van der Waals surface area contributed by atoms with E-state index >= 15 is 0 Å². The summed E-state index contributed by atoms with van der Waals surface area (Å²) in [4.78, 5) is 15.4. The molecule has 39 heavy (non-hydrogen) atoms. The number of hydrogen-bond donors (Lipinski definition) is 1. The molecular weight excluding hydrogens is 529 g/mol. The van der Waals surface area contributed by atoms with E-state index in [1.54, 1.807) is 0 Å². The first-order chi connectivity index (χ1) is 19.0. The van der Waals surface area contributed by atoms with Crippen LogP contribution in [0.5, 0.6) is 0 Å². The molecule has 4 aliphatic rings. The highest BCUT2D eigenvalue weighted by molar-refractivity contribution is 6.32. The topological polar surface area (TPSA) is 104 Å². The molecule has 2 aromatic rings. The van der Waals surface area contributed by atoms with Crippen molar-refractivity contribution >= 4 is 23.2 Å². The highest BCUT2D eigenvalue weighted by atomic mass is 35.5. The third kappa shape index (κ3) is 6.26. The van der Waals surface area contributed by atoms with Gasteiger partial charge in [-0.1, -0.05) is 16.8 Å². The fourth-order valence-corrected chi connectivity index (χ4v) is 6.12. The maximum atomic E-state index is 14.9. The number of alkyl halides is 1. The second-order valence-corrected chi connectivity index (χ2v) is 11.7. The van der Waals surface area contributed by atoms with E-state index in [9.17, 15) is 9.18 Å². The van der Waals surface area contributed by atoms with Gasteiger partial charge >= 0.3 is 0 Å². The molecule has 0 aromatic carbocycles. The molecule has 0 bridgehead atoms. The minimum atomic E-state index is -1.47. The van der Waals surface area contributed by atoms with Gasteiger partial charge in [-0.15, -0.1) is 0 Å². The molecule has 1 N–H and O–H groups in total. The highest BCUT2D eigenvalue weighted by Gasteiger charge is 2.35. The molecule has 0 amide bonds.